The van der Waals surface area contributed by atoms with Crippen LogP contribution >= 0.6 is 0 Å². The van der Waals surface area contributed by atoms with Gasteiger partial charge in [0.2, 0.25) is 5.91 Å². The zero-order chi connectivity index (χ0) is 21.5. The minimum absolute atomic E-state index is 0.0241. The quantitative estimate of drug-likeness (QED) is 0.792. The first kappa shape index (κ1) is 21.8. The highest BCUT2D eigenvalue weighted by Crippen LogP contribution is 2.27. The summed E-state index contributed by atoms with van der Waals surface area (Å²) in [6.45, 7) is 5.30. The van der Waals surface area contributed by atoms with Gasteiger partial charge in [0, 0.05) is 44.6 Å². The number of rotatable bonds is 4. The second kappa shape index (κ2) is 10.7. The summed E-state index contributed by atoms with van der Waals surface area (Å²) in [5.74, 6) is 0.540. The van der Waals surface area contributed by atoms with Gasteiger partial charge in [0.1, 0.15) is 5.75 Å². The van der Waals surface area contributed by atoms with Crippen LogP contribution in [0.3, 0.4) is 0 Å². The average Bonchev–Trinajstić information content (AvgIpc) is 2.82. The van der Waals surface area contributed by atoms with Crippen LogP contribution in [0.5, 0.6) is 5.75 Å². The second-order valence-corrected chi connectivity index (χ2v) is 8.90. The van der Waals surface area contributed by atoms with Crippen LogP contribution in [-0.4, -0.2) is 58.0 Å². The SMILES string of the molecule is O=C1NCCCCCCN(Cc2ccncc2)C2CN(Cc3ccc(O)cc3)CCC12. The van der Waals surface area contributed by atoms with E-state index in [1.165, 1.54) is 30.4 Å². The van der Waals surface area contributed by atoms with Gasteiger partial charge in [-0.1, -0.05) is 25.0 Å². The van der Waals surface area contributed by atoms with E-state index < -0.39 is 0 Å². The Labute approximate surface area is 185 Å². The number of hydrogen-bond donors (Lipinski definition) is 2. The number of aromatic nitrogens is 1. The molecule has 0 aliphatic carbocycles. The summed E-state index contributed by atoms with van der Waals surface area (Å²) in [5.41, 5.74) is 2.44. The van der Waals surface area contributed by atoms with Crippen LogP contribution < -0.4 is 5.32 Å². The molecule has 31 heavy (non-hydrogen) atoms. The molecule has 6 heteroatoms. The summed E-state index contributed by atoms with van der Waals surface area (Å²) in [7, 11) is 0. The van der Waals surface area contributed by atoms with E-state index in [1.54, 1.807) is 12.1 Å². The molecule has 6 nitrogen and oxygen atoms in total. The first-order chi connectivity index (χ1) is 15.2. The lowest BCUT2D eigenvalue weighted by Crippen LogP contribution is -2.56. The summed E-state index contributed by atoms with van der Waals surface area (Å²) in [4.78, 5) is 22.2. The van der Waals surface area contributed by atoms with Gasteiger partial charge in [-0.2, -0.15) is 0 Å². The summed E-state index contributed by atoms with van der Waals surface area (Å²) >= 11 is 0. The summed E-state index contributed by atoms with van der Waals surface area (Å²) in [6.07, 6.45) is 9.19. The Morgan fingerprint density at radius 1 is 0.935 bits per heavy atom. The van der Waals surface area contributed by atoms with Crippen molar-refractivity contribution in [3.05, 3.63) is 59.9 Å². The van der Waals surface area contributed by atoms with Crippen molar-refractivity contribution in [2.45, 2.75) is 51.2 Å². The van der Waals surface area contributed by atoms with Gasteiger partial charge in [-0.15, -0.1) is 0 Å². The number of carbonyl (C=O) groups excluding carboxylic acids is 1. The fourth-order valence-electron chi connectivity index (χ4n) is 4.90. The van der Waals surface area contributed by atoms with Crippen molar-refractivity contribution in [2.75, 3.05) is 26.2 Å². The molecule has 2 atom stereocenters. The number of hydrogen-bond acceptors (Lipinski definition) is 5. The number of phenolic OH excluding ortho intramolecular Hbond substituents is 1. The number of pyridine rings is 1. The molecule has 2 unspecified atom stereocenters. The number of nitrogens with zero attached hydrogens (tertiary/aromatic N) is 3. The number of piperidine rings is 1. The molecule has 4 rings (SSSR count). The van der Waals surface area contributed by atoms with E-state index in [2.05, 4.69) is 32.2 Å². The lowest BCUT2D eigenvalue weighted by molar-refractivity contribution is -0.129. The Morgan fingerprint density at radius 3 is 2.48 bits per heavy atom. The standard InChI is InChI=1S/C25H34N4O2/c30-22-7-5-20(6-8-22)17-28-16-11-23-24(19-28)29(18-21-9-13-26-14-10-21)15-4-2-1-3-12-27-25(23)31/h5-10,13-14,23-24,30H,1-4,11-12,15-19H2,(H,27,31). The summed E-state index contributed by atoms with van der Waals surface area (Å²) in [6, 6.07) is 11.8. The first-order valence-electron chi connectivity index (χ1n) is 11.6. The van der Waals surface area contributed by atoms with Gasteiger partial charge in [0.05, 0.1) is 5.92 Å². The third-order valence-electron chi connectivity index (χ3n) is 6.62. The summed E-state index contributed by atoms with van der Waals surface area (Å²) < 4.78 is 0. The lowest BCUT2D eigenvalue weighted by Gasteiger charge is -2.43. The fourth-order valence-corrected chi connectivity index (χ4v) is 4.90. The Balaban J connectivity index is 1.54. The van der Waals surface area contributed by atoms with Gasteiger partial charge in [-0.25, -0.2) is 0 Å². The molecular formula is C25H34N4O2. The van der Waals surface area contributed by atoms with Crippen LogP contribution in [0.1, 0.15) is 43.2 Å². The number of likely N-dealkylation sites (tertiary alicyclic amines) is 1. The highest BCUT2D eigenvalue weighted by Gasteiger charge is 2.37. The van der Waals surface area contributed by atoms with E-state index in [-0.39, 0.29) is 17.9 Å². The normalized spacial score (nSPS) is 24.1. The predicted molar refractivity (Wildman–Crippen MR) is 121 cm³/mol. The number of carbonyl (C=O) groups is 1. The predicted octanol–water partition coefficient (Wildman–Crippen LogP) is 3.17. The van der Waals surface area contributed by atoms with E-state index in [1.807, 2.05) is 24.5 Å². The Hall–Kier alpha value is -2.44. The molecule has 0 saturated carbocycles. The van der Waals surface area contributed by atoms with Gasteiger partial charge in [-0.05, 0) is 67.7 Å². The first-order valence-corrected chi connectivity index (χ1v) is 11.6. The molecular weight excluding hydrogens is 388 g/mol. The van der Waals surface area contributed by atoms with Crippen molar-refractivity contribution in [1.82, 2.24) is 20.1 Å². The molecule has 2 saturated heterocycles. The van der Waals surface area contributed by atoms with Crippen LogP contribution in [0.15, 0.2) is 48.8 Å². The molecule has 2 aliphatic heterocycles. The molecule has 2 N–H and O–H groups in total. The van der Waals surface area contributed by atoms with Crippen LogP contribution in [0.25, 0.3) is 0 Å². The van der Waals surface area contributed by atoms with Crippen LogP contribution in [0.2, 0.25) is 0 Å². The second-order valence-electron chi connectivity index (χ2n) is 8.90. The maximum Gasteiger partial charge on any atom is 0.224 e. The maximum absolute atomic E-state index is 13.1. The number of aromatic hydroxyl groups is 1. The molecule has 1 amide bonds. The van der Waals surface area contributed by atoms with Crippen LogP contribution in [0.4, 0.5) is 0 Å². The van der Waals surface area contributed by atoms with Crippen molar-refractivity contribution in [2.24, 2.45) is 5.92 Å². The van der Waals surface area contributed by atoms with Crippen LogP contribution in [0, 0.1) is 5.92 Å². The number of nitrogens with one attached hydrogen (secondary N) is 1. The molecule has 2 fully saturated rings. The van der Waals surface area contributed by atoms with E-state index in [0.717, 1.165) is 52.1 Å². The van der Waals surface area contributed by atoms with Gasteiger partial charge in [0.25, 0.3) is 0 Å². The van der Waals surface area contributed by atoms with E-state index >= 15 is 0 Å². The minimum Gasteiger partial charge on any atom is -0.508 e. The molecule has 0 bridgehead atoms. The largest absolute Gasteiger partial charge is 0.508 e. The van der Waals surface area contributed by atoms with Gasteiger partial charge >= 0.3 is 0 Å². The van der Waals surface area contributed by atoms with Crippen molar-refractivity contribution < 1.29 is 9.90 Å². The molecule has 0 radical (unpaired) electrons. The van der Waals surface area contributed by atoms with Gasteiger partial charge < -0.3 is 10.4 Å². The Kier molecular flexibility index (Phi) is 7.54. The highest BCUT2D eigenvalue weighted by atomic mass is 16.3. The van der Waals surface area contributed by atoms with E-state index in [0.29, 0.717) is 5.75 Å². The molecule has 0 spiro atoms. The van der Waals surface area contributed by atoms with Gasteiger partial charge in [0.15, 0.2) is 0 Å². The summed E-state index contributed by atoms with van der Waals surface area (Å²) in [5, 5.41) is 12.8. The Bertz CT molecular complexity index is 827. The Morgan fingerprint density at radius 2 is 1.68 bits per heavy atom. The topological polar surface area (TPSA) is 68.7 Å². The zero-order valence-electron chi connectivity index (χ0n) is 18.2. The fraction of sp³-hybridized carbons (Fsp3) is 0.520. The maximum atomic E-state index is 13.1. The molecule has 1 aromatic heterocycles. The number of benzene rings is 1. The monoisotopic (exact) mass is 422 g/mol. The molecule has 1 aromatic carbocycles. The smallest absolute Gasteiger partial charge is 0.224 e. The minimum atomic E-state index is 0.0241. The van der Waals surface area contributed by atoms with Crippen molar-refractivity contribution in [3.8, 4) is 5.75 Å². The van der Waals surface area contributed by atoms with Crippen molar-refractivity contribution in [3.63, 3.8) is 0 Å². The highest BCUT2D eigenvalue weighted by molar-refractivity contribution is 5.79. The van der Waals surface area contributed by atoms with Crippen molar-refractivity contribution in [1.29, 1.82) is 0 Å². The molecule has 2 aromatic rings. The van der Waals surface area contributed by atoms with E-state index in [9.17, 15) is 9.90 Å². The molecule has 3 heterocycles. The number of amides is 1. The zero-order valence-corrected chi connectivity index (χ0v) is 18.2. The number of phenols is 1. The van der Waals surface area contributed by atoms with Crippen LogP contribution in [-0.2, 0) is 17.9 Å². The average molecular weight is 423 g/mol. The molecule has 166 valence electrons. The third kappa shape index (κ3) is 6.05. The molecule has 2 aliphatic rings. The third-order valence-corrected chi connectivity index (χ3v) is 6.62. The van der Waals surface area contributed by atoms with E-state index in [4.69, 9.17) is 0 Å². The van der Waals surface area contributed by atoms with Gasteiger partial charge in [-0.3, -0.25) is 19.6 Å². The lowest BCUT2D eigenvalue weighted by atomic mass is 9.88. The number of fused-ring (bicyclic) bond motifs is 1. The van der Waals surface area contributed by atoms with Crippen molar-refractivity contribution >= 4 is 5.91 Å².